The molecule has 178 valence electrons. The molecule has 0 saturated carbocycles. The van der Waals surface area contributed by atoms with Crippen LogP contribution >= 0.6 is 11.8 Å². The maximum atomic E-state index is 12.6. The second-order valence-electron chi connectivity index (χ2n) is 8.15. The number of hydrogen-bond donors (Lipinski definition) is 2. The summed E-state index contributed by atoms with van der Waals surface area (Å²) < 4.78 is 1.84. The maximum absolute atomic E-state index is 12.6. The van der Waals surface area contributed by atoms with Gasteiger partial charge in [-0.2, -0.15) is 0 Å². The van der Waals surface area contributed by atoms with Gasteiger partial charge < -0.3 is 15.2 Å². The lowest BCUT2D eigenvalue weighted by Gasteiger charge is -2.08. The fourth-order valence-corrected chi connectivity index (χ4v) is 4.20. The first-order valence-corrected chi connectivity index (χ1v) is 12.3. The average molecular weight is 486 g/mol. The lowest BCUT2D eigenvalue weighted by molar-refractivity contribution is -0.113. The molecular weight excluding hydrogens is 458 g/mol. The monoisotopic (exact) mass is 485 g/mol. The maximum Gasteiger partial charge on any atom is 0.255 e. The molecule has 0 radical (unpaired) electrons. The van der Waals surface area contributed by atoms with Crippen LogP contribution in [0, 0.1) is 6.92 Å². The molecule has 1 aromatic heterocycles. The highest BCUT2D eigenvalue weighted by atomic mass is 32.2. The predicted molar refractivity (Wildman–Crippen MR) is 141 cm³/mol. The molecule has 2 N–H and O–H groups in total. The molecule has 0 spiro atoms. The number of aryl methyl sites for hydroxylation is 2. The van der Waals surface area contributed by atoms with E-state index in [-0.39, 0.29) is 17.6 Å². The summed E-state index contributed by atoms with van der Waals surface area (Å²) in [7, 11) is 1.86. The van der Waals surface area contributed by atoms with Crippen LogP contribution in [0.15, 0.2) is 78.0 Å². The Morgan fingerprint density at radius 3 is 2.37 bits per heavy atom. The van der Waals surface area contributed by atoms with Gasteiger partial charge in [0.15, 0.2) is 11.0 Å². The average Bonchev–Trinajstić information content (AvgIpc) is 3.24. The summed E-state index contributed by atoms with van der Waals surface area (Å²) in [5, 5.41) is 15.0. The minimum absolute atomic E-state index is 0.107. The number of anilines is 2. The van der Waals surface area contributed by atoms with Crippen LogP contribution in [0.3, 0.4) is 0 Å². The number of hydrogen-bond acceptors (Lipinski definition) is 5. The highest BCUT2D eigenvalue weighted by molar-refractivity contribution is 7.99. The molecule has 0 unspecified atom stereocenters. The van der Waals surface area contributed by atoms with Crippen LogP contribution in [-0.4, -0.2) is 32.3 Å². The van der Waals surface area contributed by atoms with E-state index >= 15 is 0 Å². The molecule has 0 aliphatic heterocycles. The highest BCUT2D eigenvalue weighted by Crippen LogP contribution is 2.25. The predicted octanol–water partition coefficient (Wildman–Crippen LogP) is 5.34. The Kier molecular flexibility index (Phi) is 7.62. The molecule has 2 amide bonds. The Bertz CT molecular complexity index is 1330. The van der Waals surface area contributed by atoms with Crippen molar-refractivity contribution in [1.82, 2.24) is 14.8 Å². The molecule has 35 heavy (non-hydrogen) atoms. The van der Waals surface area contributed by atoms with Gasteiger partial charge >= 0.3 is 0 Å². The van der Waals surface area contributed by atoms with Gasteiger partial charge in [0.1, 0.15) is 0 Å². The zero-order valence-corrected chi connectivity index (χ0v) is 20.7. The summed E-state index contributed by atoms with van der Waals surface area (Å²) in [4.78, 5) is 25.0. The van der Waals surface area contributed by atoms with Crippen molar-refractivity contribution in [1.29, 1.82) is 0 Å². The summed E-state index contributed by atoms with van der Waals surface area (Å²) in [6, 6.07) is 22.7. The van der Waals surface area contributed by atoms with Gasteiger partial charge in [0.25, 0.3) is 5.91 Å². The van der Waals surface area contributed by atoms with Gasteiger partial charge in [0, 0.05) is 29.5 Å². The third kappa shape index (κ3) is 6.16. The summed E-state index contributed by atoms with van der Waals surface area (Å²) in [6.07, 6.45) is 0.959. The molecule has 0 bridgehead atoms. The Labute approximate surface area is 209 Å². The molecule has 0 aliphatic rings. The van der Waals surface area contributed by atoms with Crippen LogP contribution in [0.1, 0.15) is 28.4 Å². The first-order chi connectivity index (χ1) is 16.9. The van der Waals surface area contributed by atoms with Crippen LogP contribution in [0.4, 0.5) is 11.4 Å². The first-order valence-electron chi connectivity index (χ1n) is 11.3. The van der Waals surface area contributed by atoms with Gasteiger partial charge in [-0.15, -0.1) is 10.2 Å². The van der Waals surface area contributed by atoms with E-state index in [0.717, 1.165) is 23.2 Å². The Morgan fingerprint density at radius 1 is 0.914 bits per heavy atom. The minimum Gasteiger partial charge on any atom is -0.325 e. The summed E-state index contributed by atoms with van der Waals surface area (Å²) >= 11 is 1.32. The molecule has 4 aromatic rings. The van der Waals surface area contributed by atoms with Gasteiger partial charge in [0.05, 0.1) is 5.75 Å². The zero-order chi connectivity index (χ0) is 24.8. The molecular formula is C27H27N5O2S. The number of thioether (sulfide) groups is 1. The molecule has 8 heteroatoms. The van der Waals surface area contributed by atoms with E-state index in [0.29, 0.717) is 22.2 Å². The van der Waals surface area contributed by atoms with E-state index in [4.69, 9.17) is 0 Å². The molecule has 1 heterocycles. The van der Waals surface area contributed by atoms with Gasteiger partial charge in [-0.3, -0.25) is 9.59 Å². The number of nitrogens with zero attached hydrogens (tertiary/aromatic N) is 3. The fraction of sp³-hybridized carbons (Fsp3) is 0.185. The third-order valence-electron chi connectivity index (χ3n) is 5.51. The van der Waals surface area contributed by atoms with E-state index in [1.165, 1.54) is 17.3 Å². The summed E-state index contributed by atoms with van der Waals surface area (Å²) in [5.74, 6) is 0.583. The van der Waals surface area contributed by atoms with Crippen molar-refractivity contribution in [3.8, 4) is 11.4 Å². The standard InChI is InChI=1S/C27H27N5O2S/c1-4-19-10-14-22(15-11-19)28-24(33)17-35-27-31-30-25(32(27)3)21-6-5-7-23(16-21)29-26(34)20-12-8-18(2)9-13-20/h5-16H,4,17H2,1-3H3,(H,28,33)(H,29,34). The molecule has 0 fully saturated rings. The fourth-order valence-electron chi connectivity index (χ4n) is 3.49. The Hall–Kier alpha value is -3.91. The van der Waals surface area contributed by atoms with Crippen molar-refractivity contribution in [3.63, 3.8) is 0 Å². The molecule has 0 saturated heterocycles. The number of carbonyl (C=O) groups excluding carboxylic acids is 2. The van der Waals surface area contributed by atoms with Crippen molar-refractivity contribution in [2.75, 3.05) is 16.4 Å². The summed E-state index contributed by atoms with van der Waals surface area (Å²) in [6.45, 7) is 4.08. The largest absolute Gasteiger partial charge is 0.325 e. The molecule has 7 nitrogen and oxygen atoms in total. The highest BCUT2D eigenvalue weighted by Gasteiger charge is 2.14. The summed E-state index contributed by atoms with van der Waals surface area (Å²) in [5.41, 5.74) is 5.17. The third-order valence-corrected chi connectivity index (χ3v) is 6.53. The van der Waals surface area contributed by atoms with Crippen molar-refractivity contribution >= 4 is 35.0 Å². The quantitative estimate of drug-likeness (QED) is 0.329. The van der Waals surface area contributed by atoms with Crippen LogP contribution < -0.4 is 10.6 Å². The second-order valence-corrected chi connectivity index (χ2v) is 9.10. The molecule has 4 rings (SSSR count). The van der Waals surface area contributed by atoms with Crippen molar-refractivity contribution in [2.45, 2.75) is 25.4 Å². The van der Waals surface area contributed by atoms with E-state index in [1.807, 2.05) is 79.2 Å². The van der Waals surface area contributed by atoms with Gasteiger partial charge in [-0.25, -0.2) is 0 Å². The zero-order valence-electron chi connectivity index (χ0n) is 19.9. The van der Waals surface area contributed by atoms with E-state index in [9.17, 15) is 9.59 Å². The normalized spacial score (nSPS) is 10.7. The second kappa shape index (κ2) is 11.0. The van der Waals surface area contributed by atoms with Crippen molar-refractivity contribution < 1.29 is 9.59 Å². The van der Waals surface area contributed by atoms with Crippen LogP contribution in [0.5, 0.6) is 0 Å². The lowest BCUT2D eigenvalue weighted by atomic mass is 10.1. The lowest BCUT2D eigenvalue weighted by Crippen LogP contribution is -2.14. The molecule has 3 aromatic carbocycles. The number of carbonyl (C=O) groups is 2. The van der Waals surface area contributed by atoms with Gasteiger partial charge in [-0.1, -0.05) is 60.6 Å². The smallest absolute Gasteiger partial charge is 0.255 e. The Morgan fingerprint density at radius 2 is 1.66 bits per heavy atom. The van der Waals surface area contributed by atoms with E-state index < -0.39 is 0 Å². The number of benzene rings is 3. The van der Waals surface area contributed by atoms with E-state index in [1.54, 1.807) is 12.1 Å². The van der Waals surface area contributed by atoms with Gasteiger partial charge in [-0.05, 0) is 55.3 Å². The molecule has 0 atom stereocenters. The Balaban J connectivity index is 1.39. The molecule has 0 aliphatic carbocycles. The minimum atomic E-state index is -0.174. The van der Waals surface area contributed by atoms with Crippen molar-refractivity contribution in [3.05, 3.63) is 89.5 Å². The number of amides is 2. The topological polar surface area (TPSA) is 88.9 Å². The van der Waals surface area contributed by atoms with Crippen LogP contribution in [0.25, 0.3) is 11.4 Å². The SMILES string of the molecule is CCc1ccc(NC(=O)CSc2nnc(-c3cccc(NC(=O)c4ccc(C)cc4)c3)n2C)cc1. The number of aromatic nitrogens is 3. The first kappa shape index (κ1) is 24.2. The van der Waals surface area contributed by atoms with Crippen molar-refractivity contribution in [2.24, 2.45) is 7.05 Å². The van der Waals surface area contributed by atoms with E-state index in [2.05, 4.69) is 27.8 Å². The van der Waals surface area contributed by atoms with Crippen LogP contribution in [0.2, 0.25) is 0 Å². The van der Waals surface area contributed by atoms with Crippen LogP contribution in [-0.2, 0) is 18.3 Å². The van der Waals surface area contributed by atoms with Gasteiger partial charge in [0.2, 0.25) is 5.91 Å². The number of nitrogens with one attached hydrogen (secondary N) is 2. The number of rotatable bonds is 8.